The first kappa shape index (κ1) is 16.2. The molecule has 0 aromatic rings. The summed E-state index contributed by atoms with van der Waals surface area (Å²) in [5, 5.41) is 3.18. The monoisotopic (exact) mass is 308 g/mol. The van der Waals surface area contributed by atoms with E-state index in [9.17, 15) is 4.79 Å². The summed E-state index contributed by atoms with van der Waals surface area (Å²) in [5.74, 6) is 1.65. The van der Waals surface area contributed by atoms with Crippen molar-refractivity contribution >= 4 is 5.91 Å². The Hall–Kier alpha value is -0.650. The fourth-order valence-electron chi connectivity index (χ4n) is 4.56. The molecule has 2 saturated carbocycles. The maximum absolute atomic E-state index is 12.5. The van der Waals surface area contributed by atoms with Gasteiger partial charge in [0.2, 0.25) is 5.91 Å². The van der Waals surface area contributed by atoms with Gasteiger partial charge in [-0.3, -0.25) is 9.69 Å². The first-order valence-electron chi connectivity index (χ1n) is 9.07. The SMILES string of the molecule is CN1CCN(CCNC(=O)C2CC3CCCC(C2)C3N)CC1. The van der Waals surface area contributed by atoms with Crippen LogP contribution < -0.4 is 11.1 Å². The molecule has 1 aliphatic heterocycles. The molecule has 3 rings (SSSR count). The Labute approximate surface area is 134 Å². The zero-order valence-corrected chi connectivity index (χ0v) is 14.0. The fourth-order valence-corrected chi connectivity index (χ4v) is 4.56. The minimum Gasteiger partial charge on any atom is -0.355 e. The molecule has 5 nitrogen and oxygen atoms in total. The Morgan fingerprint density at radius 2 is 1.77 bits per heavy atom. The normalized spacial score (nSPS) is 37.0. The maximum atomic E-state index is 12.5. The summed E-state index contributed by atoms with van der Waals surface area (Å²) in [6, 6.07) is 0.350. The van der Waals surface area contributed by atoms with Crippen molar-refractivity contribution in [2.75, 3.05) is 46.3 Å². The first-order chi connectivity index (χ1) is 10.6. The van der Waals surface area contributed by atoms with Crippen molar-refractivity contribution in [3.8, 4) is 0 Å². The maximum Gasteiger partial charge on any atom is 0.223 e. The van der Waals surface area contributed by atoms with Gasteiger partial charge in [-0.15, -0.1) is 0 Å². The highest BCUT2D eigenvalue weighted by Gasteiger charge is 2.40. The largest absolute Gasteiger partial charge is 0.355 e. The van der Waals surface area contributed by atoms with Crippen LogP contribution in [0.25, 0.3) is 0 Å². The van der Waals surface area contributed by atoms with E-state index in [0.29, 0.717) is 17.9 Å². The van der Waals surface area contributed by atoms with E-state index < -0.39 is 0 Å². The smallest absolute Gasteiger partial charge is 0.223 e. The first-order valence-corrected chi connectivity index (χ1v) is 9.07. The van der Waals surface area contributed by atoms with E-state index in [1.54, 1.807) is 0 Å². The lowest BCUT2D eigenvalue weighted by molar-refractivity contribution is -0.127. The van der Waals surface area contributed by atoms with Crippen molar-refractivity contribution in [2.24, 2.45) is 23.5 Å². The van der Waals surface area contributed by atoms with Gasteiger partial charge in [0.05, 0.1) is 0 Å². The summed E-state index contributed by atoms with van der Waals surface area (Å²) in [4.78, 5) is 17.3. The number of hydrogen-bond acceptors (Lipinski definition) is 4. The third kappa shape index (κ3) is 3.81. The second kappa shape index (κ2) is 7.28. The second-order valence-corrected chi connectivity index (χ2v) is 7.63. The number of carbonyl (C=O) groups is 1. The van der Waals surface area contributed by atoms with E-state index in [1.807, 2.05) is 0 Å². The third-order valence-electron chi connectivity index (χ3n) is 6.11. The van der Waals surface area contributed by atoms with Crippen LogP contribution in [0.5, 0.6) is 0 Å². The van der Waals surface area contributed by atoms with Crippen LogP contribution in [-0.4, -0.2) is 68.1 Å². The lowest BCUT2D eigenvalue weighted by atomic mass is 9.65. The number of nitrogens with zero attached hydrogens (tertiary/aromatic N) is 2. The predicted octanol–water partition coefficient (Wildman–Crippen LogP) is 0.504. The Morgan fingerprint density at radius 3 is 2.41 bits per heavy atom. The molecule has 1 heterocycles. The molecular formula is C17H32N4O. The zero-order valence-electron chi connectivity index (χ0n) is 14.0. The molecule has 0 spiro atoms. The molecule has 0 radical (unpaired) electrons. The van der Waals surface area contributed by atoms with Crippen LogP contribution in [0.4, 0.5) is 0 Å². The number of hydrogen-bond donors (Lipinski definition) is 2. The quantitative estimate of drug-likeness (QED) is 0.794. The topological polar surface area (TPSA) is 61.6 Å². The Bertz CT molecular complexity index is 367. The molecule has 0 aromatic carbocycles. The van der Waals surface area contributed by atoms with Crippen molar-refractivity contribution in [1.29, 1.82) is 0 Å². The number of fused-ring (bicyclic) bond motifs is 2. The predicted molar refractivity (Wildman–Crippen MR) is 88.5 cm³/mol. The number of nitrogens with two attached hydrogens (primary N) is 1. The number of carbonyl (C=O) groups excluding carboxylic acids is 1. The number of amides is 1. The summed E-state index contributed by atoms with van der Waals surface area (Å²) >= 11 is 0. The minimum absolute atomic E-state index is 0.211. The van der Waals surface area contributed by atoms with Crippen LogP contribution in [0, 0.1) is 17.8 Å². The number of likely N-dealkylation sites (N-methyl/N-ethyl adjacent to an activating group) is 1. The van der Waals surface area contributed by atoms with Crippen molar-refractivity contribution in [1.82, 2.24) is 15.1 Å². The van der Waals surface area contributed by atoms with Gasteiger partial charge < -0.3 is 16.0 Å². The van der Waals surface area contributed by atoms with Gasteiger partial charge in [-0.2, -0.15) is 0 Å². The van der Waals surface area contributed by atoms with Crippen molar-refractivity contribution < 1.29 is 4.79 Å². The molecule has 2 atom stereocenters. The van der Waals surface area contributed by atoms with Crippen LogP contribution in [0.3, 0.4) is 0 Å². The minimum atomic E-state index is 0.211. The summed E-state index contributed by atoms with van der Waals surface area (Å²) in [6.45, 7) is 6.29. The molecule has 5 heteroatoms. The Balaban J connectivity index is 1.39. The fraction of sp³-hybridized carbons (Fsp3) is 0.941. The number of piperazine rings is 1. The van der Waals surface area contributed by atoms with E-state index in [-0.39, 0.29) is 11.8 Å². The van der Waals surface area contributed by atoms with E-state index in [1.165, 1.54) is 19.3 Å². The van der Waals surface area contributed by atoms with Gasteiger partial charge in [0.15, 0.2) is 0 Å². The van der Waals surface area contributed by atoms with Gasteiger partial charge in [-0.25, -0.2) is 0 Å². The Kier molecular flexibility index (Phi) is 5.37. The van der Waals surface area contributed by atoms with E-state index in [4.69, 9.17) is 5.73 Å². The van der Waals surface area contributed by atoms with E-state index in [0.717, 1.165) is 52.1 Å². The molecule has 2 aliphatic carbocycles. The second-order valence-electron chi connectivity index (χ2n) is 7.63. The van der Waals surface area contributed by atoms with Crippen LogP contribution in [0.1, 0.15) is 32.1 Å². The van der Waals surface area contributed by atoms with Gasteiger partial charge in [0, 0.05) is 51.2 Å². The van der Waals surface area contributed by atoms with E-state index >= 15 is 0 Å². The highest BCUT2D eigenvalue weighted by molar-refractivity contribution is 5.78. The molecule has 2 unspecified atom stereocenters. The van der Waals surface area contributed by atoms with Crippen LogP contribution in [0.15, 0.2) is 0 Å². The van der Waals surface area contributed by atoms with E-state index in [2.05, 4.69) is 22.2 Å². The average molecular weight is 308 g/mol. The number of nitrogens with one attached hydrogen (secondary N) is 1. The molecule has 1 amide bonds. The molecule has 3 fully saturated rings. The molecule has 126 valence electrons. The van der Waals surface area contributed by atoms with Gasteiger partial charge in [-0.1, -0.05) is 6.42 Å². The average Bonchev–Trinajstić information content (AvgIpc) is 2.49. The van der Waals surface area contributed by atoms with Crippen LogP contribution in [0.2, 0.25) is 0 Å². The molecule has 2 bridgehead atoms. The van der Waals surface area contributed by atoms with Crippen LogP contribution >= 0.6 is 0 Å². The molecule has 1 saturated heterocycles. The van der Waals surface area contributed by atoms with Gasteiger partial charge >= 0.3 is 0 Å². The lowest BCUT2D eigenvalue weighted by Crippen LogP contribution is -2.50. The zero-order chi connectivity index (χ0) is 15.5. The Morgan fingerprint density at radius 1 is 1.14 bits per heavy atom. The molecule has 0 aromatic heterocycles. The van der Waals surface area contributed by atoms with Crippen molar-refractivity contribution in [3.63, 3.8) is 0 Å². The van der Waals surface area contributed by atoms with Gasteiger partial charge in [0.25, 0.3) is 0 Å². The lowest BCUT2D eigenvalue weighted by Gasteiger charge is -2.43. The van der Waals surface area contributed by atoms with Gasteiger partial charge in [-0.05, 0) is 44.6 Å². The van der Waals surface area contributed by atoms with Gasteiger partial charge in [0.1, 0.15) is 0 Å². The highest BCUT2D eigenvalue weighted by atomic mass is 16.1. The van der Waals surface area contributed by atoms with Crippen molar-refractivity contribution in [2.45, 2.75) is 38.1 Å². The molecular weight excluding hydrogens is 276 g/mol. The van der Waals surface area contributed by atoms with Crippen molar-refractivity contribution in [3.05, 3.63) is 0 Å². The molecule has 3 N–H and O–H groups in total. The summed E-state index contributed by atoms with van der Waals surface area (Å²) in [7, 11) is 2.17. The summed E-state index contributed by atoms with van der Waals surface area (Å²) < 4.78 is 0. The third-order valence-corrected chi connectivity index (χ3v) is 6.11. The summed E-state index contributed by atoms with van der Waals surface area (Å²) in [5.41, 5.74) is 6.31. The molecule has 22 heavy (non-hydrogen) atoms. The highest BCUT2D eigenvalue weighted by Crippen LogP contribution is 2.41. The number of rotatable bonds is 4. The molecule has 3 aliphatic rings. The summed E-state index contributed by atoms with van der Waals surface area (Å²) in [6.07, 6.45) is 5.78. The standard InChI is InChI=1S/C17H32N4O/c1-20-7-9-21(10-8-20)6-5-19-17(22)15-11-13-3-2-4-14(12-15)16(13)18/h13-16H,2-12,18H2,1H3,(H,19,22). The van der Waals surface area contributed by atoms with Crippen LogP contribution in [-0.2, 0) is 4.79 Å².